The van der Waals surface area contributed by atoms with Gasteiger partial charge in [0.05, 0.1) is 11.5 Å². The Hall–Kier alpha value is -1.95. The van der Waals surface area contributed by atoms with Gasteiger partial charge in [-0.15, -0.1) is 0 Å². The third-order valence-electron chi connectivity index (χ3n) is 7.93. The Balaban J connectivity index is 1.80. The van der Waals surface area contributed by atoms with Crippen LogP contribution in [0.1, 0.15) is 32.6 Å². The number of aliphatic carboxylic acids is 1. The molecule has 0 aromatic rings. The van der Waals surface area contributed by atoms with E-state index in [-0.39, 0.29) is 11.7 Å². The summed E-state index contributed by atoms with van der Waals surface area (Å²) < 4.78 is 5.81. The number of carbonyl (C=O) groups is 3. The zero-order valence-electron chi connectivity index (χ0n) is 13.9. The number of hydrogen-bond donors (Lipinski definition) is 2. The summed E-state index contributed by atoms with van der Waals surface area (Å²) in [6.45, 7) is 5.53. The van der Waals surface area contributed by atoms with Crippen LogP contribution in [0, 0.1) is 28.6 Å². The molecule has 1 aliphatic heterocycles. The molecule has 2 N–H and O–H groups in total. The standard InChI is InChI=1S/C19H20O6/c1-9-7-17-8-18(9,24)5-3-10(17)19-6-4-11(20)16(2,15(23)25-19)13(19)12(17)14(21)22/h4,6,10,12-13,24H,1,3,5,7-8H2,2H3,(H,21,22)/t10-,12-,13-,16-,17+,18+,19-/m1/s1. The van der Waals surface area contributed by atoms with Gasteiger partial charge in [-0.25, -0.2) is 0 Å². The van der Waals surface area contributed by atoms with E-state index in [0.717, 1.165) is 0 Å². The van der Waals surface area contributed by atoms with E-state index >= 15 is 0 Å². The van der Waals surface area contributed by atoms with E-state index in [1.54, 1.807) is 6.08 Å². The number of carboxylic acid groups (broad SMARTS) is 1. The Morgan fingerprint density at radius 2 is 2.12 bits per heavy atom. The van der Waals surface area contributed by atoms with Crippen molar-refractivity contribution in [1.29, 1.82) is 0 Å². The highest BCUT2D eigenvalue weighted by Crippen LogP contribution is 2.77. The average molecular weight is 344 g/mol. The molecule has 4 bridgehead atoms. The van der Waals surface area contributed by atoms with Crippen molar-refractivity contribution < 1.29 is 29.3 Å². The van der Waals surface area contributed by atoms with E-state index in [9.17, 15) is 24.6 Å². The zero-order chi connectivity index (χ0) is 18.0. The number of carboxylic acids is 1. The summed E-state index contributed by atoms with van der Waals surface area (Å²) in [5.41, 5.74) is -3.64. The first kappa shape index (κ1) is 15.3. The van der Waals surface area contributed by atoms with E-state index in [0.29, 0.717) is 31.3 Å². The Labute approximate surface area is 144 Å². The Kier molecular flexibility index (Phi) is 2.39. The van der Waals surface area contributed by atoms with Gasteiger partial charge in [-0.05, 0) is 55.7 Å². The third-order valence-corrected chi connectivity index (χ3v) is 7.93. The van der Waals surface area contributed by atoms with Crippen LogP contribution < -0.4 is 0 Å². The molecule has 0 radical (unpaired) electrons. The minimum atomic E-state index is -1.47. The van der Waals surface area contributed by atoms with Gasteiger partial charge in [-0.1, -0.05) is 6.58 Å². The number of rotatable bonds is 1. The van der Waals surface area contributed by atoms with Crippen LogP contribution >= 0.6 is 0 Å². The van der Waals surface area contributed by atoms with Crippen molar-refractivity contribution in [2.75, 3.05) is 0 Å². The van der Waals surface area contributed by atoms with Crippen LogP contribution in [0.2, 0.25) is 0 Å². The molecule has 1 spiro atoms. The van der Waals surface area contributed by atoms with Gasteiger partial charge in [0.2, 0.25) is 0 Å². The maximum atomic E-state index is 12.6. The van der Waals surface area contributed by atoms with Crippen molar-refractivity contribution in [3.8, 4) is 0 Å². The predicted octanol–water partition coefficient (Wildman–Crippen LogP) is 1.24. The molecule has 6 nitrogen and oxygen atoms in total. The third kappa shape index (κ3) is 1.32. The highest BCUT2D eigenvalue weighted by molar-refractivity contribution is 6.13. The predicted molar refractivity (Wildman–Crippen MR) is 84.2 cm³/mol. The minimum absolute atomic E-state index is 0.222. The number of allylic oxidation sites excluding steroid dienone is 1. The lowest BCUT2D eigenvalue weighted by atomic mass is 9.61. The monoisotopic (exact) mass is 344 g/mol. The van der Waals surface area contributed by atoms with Crippen molar-refractivity contribution in [3.05, 3.63) is 24.3 Å². The lowest BCUT2D eigenvalue weighted by molar-refractivity contribution is -0.161. The molecule has 0 amide bonds. The van der Waals surface area contributed by atoms with Gasteiger partial charge in [0.25, 0.3) is 0 Å². The smallest absolute Gasteiger partial charge is 0.321 e. The summed E-state index contributed by atoms with van der Waals surface area (Å²) >= 11 is 0. The van der Waals surface area contributed by atoms with Crippen molar-refractivity contribution in [3.63, 3.8) is 0 Å². The van der Waals surface area contributed by atoms with Crippen molar-refractivity contribution >= 4 is 17.7 Å². The number of carbonyl (C=O) groups excluding carboxylic acids is 2. The van der Waals surface area contributed by atoms with E-state index in [4.69, 9.17) is 4.74 Å². The number of aliphatic hydroxyl groups is 1. The highest BCUT2D eigenvalue weighted by Gasteiger charge is 2.83. The van der Waals surface area contributed by atoms with Crippen LogP contribution in [0.15, 0.2) is 24.3 Å². The van der Waals surface area contributed by atoms with E-state index in [1.165, 1.54) is 13.0 Å². The second-order valence-corrected chi connectivity index (χ2v) is 8.75. The molecule has 5 rings (SSSR count). The van der Waals surface area contributed by atoms with Gasteiger partial charge in [0, 0.05) is 11.8 Å². The van der Waals surface area contributed by atoms with Gasteiger partial charge in [0.1, 0.15) is 11.0 Å². The summed E-state index contributed by atoms with van der Waals surface area (Å²) in [5.74, 6) is -3.91. The van der Waals surface area contributed by atoms with E-state index in [2.05, 4.69) is 6.58 Å². The van der Waals surface area contributed by atoms with E-state index in [1.807, 2.05) is 0 Å². The van der Waals surface area contributed by atoms with Crippen LogP contribution in [0.3, 0.4) is 0 Å². The Morgan fingerprint density at radius 3 is 2.80 bits per heavy atom. The summed E-state index contributed by atoms with van der Waals surface area (Å²) in [6, 6.07) is 0. The van der Waals surface area contributed by atoms with Crippen molar-refractivity contribution in [2.45, 2.75) is 43.8 Å². The normalized spacial score (nSPS) is 55.1. The van der Waals surface area contributed by atoms with Crippen molar-refractivity contribution in [1.82, 2.24) is 0 Å². The van der Waals surface area contributed by atoms with Crippen molar-refractivity contribution in [2.24, 2.45) is 28.6 Å². The largest absolute Gasteiger partial charge is 0.481 e. The van der Waals surface area contributed by atoms with Gasteiger partial charge < -0.3 is 14.9 Å². The first-order valence-corrected chi connectivity index (χ1v) is 8.72. The van der Waals surface area contributed by atoms with Crippen LogP contribution in [-0.2, 0) is 19.1 Å². The molecule has 7 atom stereocenters. The highest BCUT2D eigenvalue weighted by atomic mass is 16.6. The number of ether oxygens (including phenoxy) is 1. The molecule has 0 aromatic carbocycles. The molecule has 6 heteroatoms. The second-order valence-electron chi connectivity index (χ2n) is 8.75. The number of hydrogen-bond acceptors (Lipinski definition) is 5. The summed E-state index contributed by atoms with van der Waals surface area (Å²) in [6.07, 6.45) is 4.78. The maximum absolute atomic E-state index is 12.6. The SMILES string of the molecule is C=C1C[C@]23C[C@@]1(O)CC[C@H]2[C@@]12C=CC(=O)[C@@](C)(C(=O)O1)[C@H]2[C@@H]3C(=O)O. The van der Waals surface area contributed by atoms with Gasteiger partial charge in [-0.3, -0.25) is 14.4 Å². The molecule has 0 unspecified atom stereocenters. The zero-order valence-corrected chi connectivity index (χ0v) is 13.9. The first-order chi connectivity index (χ1) is 11.6. The van der Waals surface area contributed by atoms with Crippen LogP contribution in [0.25, 0.3) is 0 Å². The minimum Gasteiger partial charge on any atom is -0.481 e. The maximum Gasteiger partial charge on any atom is 0.321 e. The molecule has 132 valence electrons. The molecule has 4 aliphatic carbocycles. The molecular formula is C19H20O6. The summed E-state index contributed by atoms with van der Waals surface area (Å²) in [7, 11) is 0. The molecule has 1 saturated heterocycles. The van der Waals surface area contributed by atoms with Gasteiger partial charge in [0.15, 0.2) is 5.78 Å². The number of esters is 1. The summed E-state index contributed by atoms with van der Waals surface area (Å²) in [5, 5.41) is 21.0. The van der Waals surface area contributed by atoms with E-state index < -0.39 is 45.8 Å². The first-order valence-electron chi connectivity index (χ1n) is 8.72. The summed E-state index contributed by atoms with van der Waals surface area (Å²) in [4.78, 5) is 37.6. The fraction of sp³-hybridized carbons (Fsp3) is 0.632. The van der Waals surface area contributed by atoms with Crippen LogP contribution in [-0.4, -0.2) is 39.1 Å². The molecular weight excluding hydrogens is 324 g/mol. The van der Waals surface area contributed by atoms with Crippen LogP contribution in [0.5, 0.6) is 0 Å². The number of ketones is 1. The molecule has 1 heterocycles. The molecule has 3 saturated carbocycles. The second kappa shape index (κ2) is 3.90. The lowest BCUT2D eigenvalue weighted by Crippen LogP contribution is -2.48. The van der Waals surface area contributed by atoms with Gasteiger partial charge in [-0.2, -0.15) is 0 Å². The molecule has 4 fully saturated rings. The van der Waals surface area contributed by atoms with Crippen LogP contribution in [0.4, 0.5) is 0 Å². The number of fused-ring (bicyclic) bond motifs is 1. The Bertz CT molecular complexity index is 813. The molecule has 0 aromatic heterocycles. The fourth-order valence-electron chi connectivity index (χ4n) is 6.98. The lowest BCUT2D eigenvalue weighted by Gasteiger charge is -2.44. The quantitative estimate of drug-likeness (QED) is 0.422. The Morgan fingerprint density at radius 1 is 1.40 bits per heavy atom. The topological polar surface area (TPSA) is 101 Å². The molecule has 5 aliphatic rings. The molecule has 25 heavy (non-hydrogen) atoms. The fourth-order valence-corrected chi connectivity index (χ4v) is 6.98. The average Bonchev–Trinajstić information content (AvgIpc) is 2.95. The van der Waals surface area contributed by atoms with Gasteiger partial charge >= 0.3 is 11.9 Å².